The van der Waals surface area contributed by atoms with Gasteiger partial charge in [0, 0.05) is 136 Å². The minimum absolute atomic E-state index is 0.0182. The Hall–Kier alpha value is -7.86. The summed E-state index contributed by atoms with van der Waals surface area (Å²) in [6, 6.07) is 9.61. The summed E-state index contributed by atoms with van der Waals surface area (Å²) in [4.78, 5) is 98.1. The molecule has 4 rings (SSSR count). The first-order valence-electron chi connectivity index (χ1n) is 44.8. The Kier molecular flexibility index (Phi) is 53.2. The summed E-state index contributed by atoms with van der Waals surface area (Å²) in [5.41, 5.74) is 0. The molecular formula is C96H152N6O12. The minimum atomic E-state index is -0.743. The fourth-order valence-electron chi connectivity index (χ4n) is 14.0. The third-order valence-corrected chi connectivity index (χ3v) is 21.1. The molecule has 0 heterocycles. The number of benzene rings is 4. The first-order valence-corrected chi connectivity index (χ1v) is 44.8. The maximum Gasteiger partial charge on any atom is 0.337 e. The Morgan fingerprint density at radius 1 is 0.228 bits per heavy atom. The summed E-state index contributed by atoms with van der Waals surface area (Å²) < 4.78 is 37.8. The molecule has 18 heteroatoms. The van der Waals surface area contributed by atoms with Gasteiger partial charge in [-0.3, -0.25) is 4.79 Å². The molecule has 0 amide bonds. The van der Waals surface area contributed by atoms with Crippen molar-refractivity contribution in [2.24, 2.45) is 0 Å². The Bertz CT molecular complexity index is 3460. The summed E-state index contributed by atoms with van der Waals surface area (Å²) in [7, 11) is 11.6. The van der Waals surface area contributed by atoms with Gasteiger partial charge >= 0.3 is 35.8 Å². The average Bonchev–Trinajstić information content (AvgIpc) is 0.724. The van der Waals surface area contributed by atoms with Gasteiger partial charge in [-0.1, -0.05) is 273 Å². The molecule has 0 radical (unpaired) electrons. The summed E-state index contributed by atoms with van der Waals surface area (Å²) in [6.07, 6.45) is 63.3. The lowest BCUT2D eigenvalue weighted by Crippen LogP contribution is -2.24. The lowest BCUT2D eigenvalue weighted by Gasteiger charge is -2.19. The number of hydrogen-bond donors (Lipinski definition) is 0. The van der Waals surface area contributed by atoms with E-state index >= 15 is 0 Å². The molecule has 0 saturated heterocycles. The molecule has 0 spiro atoms. The van der Waals surface area contributed by atoms with Crippen molar-refractivity contribution in [3.63, 3.8) is 0 Å². The smallest absolute Gasteiger partial charge is 0.337 e. The molecule has 4 aromatic rings. The first-order chi connectivity index (χ1) is 55.3. The zero-order valence-electron chi connectivity index (χ0n) is 73.2. The minimum Gasteiger partial charge on any atom is -0.422 e. The van der Waals surface area contributed by atoms with E-state index in [2.05, 4.69) is 46.4 Å². The van der Waals surface area contributed by atoms with E-state index in [-0.39, 0.29) is 40.9 Å². The molecule has 0 aromatic heterocycles. The molecule has 18 nitrogen and oxygen atoms in total. The highest BCUT2D eigenvalue weighted by Gasteiger charge is 2.25. The second kappa shape index (κ2) is 61.5. The van der Waals surface area contributed by atoms with Crippen LogP contribution in [0.3, 0.4) is 0 Å². The third-order valence-electron chi connectivity index (χ3n) is 21.1. The lowest BCUT2D eigenvalue weighted by atomic mass is 9.93. The van der Waals surface area contributed by atoms with E-state index in [1.165, 1.54) is 184 Å². The lowest BCUT2D eigenvalue weighted by molar-refractivity contribution is -0.135. The molecule has 0 aliphatic rings. The van der Waals surface area contributed by atoms with Crippen molar-refractivity contribution in [2.45, 2.75) is 318 Å². The van der Waals surface area contributed by atoms with Gasteiger partial charge in [-0.2, -0.15) is 0 Å². The van der Waals surface area contributed by atoms with Gasteiger partial charge < -0.3 is 57.8 Å². The number of carbonyl (C=O) groups is 6. The van der Waals surface area contributed by atoms with Crippen LogP contribution in [0, 0.1) is 0 Å². The van der Waals surface area contributed by atoms with Crippen LogP contribution in [-0.4, -0.2) is 153 Å². The zero-order chi connectivity index (χ0) is 82.8. The molecule has 114 heavy (non-hydrogen) atoms. The normalized spacial score (nSPS) is 11.8. The highest BCUT2D eigenvalue weighted by atomic mass is 16.6. The highest BCUT2D eigenvalue weighted by molar-refractivity contribution is 6.27. The molecule has 0 N–H and O–H groups in total. The van der Waals surface area contributed by atoms with Gasteiger partial charge in [0.25, 0.3) is 0 Å². The molecule has 0 saturated carbocycles. The highest BCUT2D eigenvalue weighted by Crippen LogP contribution is 2.48. The molecule has 4 aromatic carbocycles. The van der Waals surface area contributed by atoms with E-state index in [1.54, 1.807) is 67.4 Å². The van der Waals surface area contributed by atoms with Crippen LogP contribution in [0.5, 0.6) is 34.5 Å². The molecule has 0 aliphatic carbocycles. The van der Waals surface area contributed by atoms with Gasteiger partial charge in [-0.15, -0.1) is 0 Å². The van der Waals surface area contributed by atoms with Gasteiger partial charge in [0.1, 0.15) is 0 Å². The number of esters is 6. The summed E-state index contributed by atoms with van der Waals surface area (Å²) in [5, 5.41) is 2.42. The van der Waals surface area contributed by atoms with Crippen LogP contribution in [0.15, 0.2) is 97.8 Å². The predicted octanol–water partition coefficient (Wildman–Crippen LogP) is 23.6. The SMILES string of the molecule is CCCCCCCCCN(C)C=CC(=O)Oc1cc2c3cc(OC(=O)C=CN(C)CCCCCCCCC)c(OC(=O)C=CN(C)CCCCCCCCC)cc3c3cc(OC(=O)CCN(C)CCCCCCCCC)c(OC(=O)C=CN(C)CCCCCCCCC)cc3c2cc1OC(=O)C=CN(C)CCCCCCCCC. The topological polar surface area (TPSA) is 177 Å². The van der Waals surface area contributed by atoms with E-state index in [0.29, 0.717) is 38.9 Å². The second-order valence-corrected chi connectivity index (χ2v) is 31.9. The van der Waals surface area contributed by atoms with Crippen LogP contribution in [0.4, 0.5) is 0 Å². The van der Waals surface area contributed by atoms with Crippen LogP contribution < -0.4 is 28.4 Å². The summed E-state index contributed by atoms with van der Waals surface area (Å²) >= 11 is 0. The summed E-state index contributed by atoms with van der Waals surface area (Å²) in [6.45, 7) is 18.1. The van der Waals surface area contributed by atoms with E-state index in [4.69, 9.17) is 28.4 Å². The van der Waals surface area contributed by atoms with Gasteiger partial charge in [0.2, 0.25) is 0 Å². The monoisotopic (exact) mass is 1580 g/mol. The number of rotatable bonds is 67. The molecular weight excluding hydrogens is 1430 g/mol. The van der Waals surface area contributed by atoms with Crippen LogP contribution >= 0.6 is 0 Å². The third kappa shape index (κ3) is 43.2. The van der Waals surface area contributed by atoms with Crippen molar-refractivity contribution in [3.05, 3.63) is 97.8 Å². The molecule has 638 valence electrons. The van der Waals surface area contributed by atoms with E-state index < -0.39 is 35.8 Å². The fourth-order valence-corrected chi connectivity index (χ4v) is 14.0. The van der Waals surface area contributed by atoms with Crippen LogP contribution in [0.25, 0.3) is 32.3 Å². The quantitative estimate of drug-likeness (QED) is 0.0134. The van der Waals surface area contributed by atoms with E-state index in [9.17, 15) is 28.8 Å². The number of ether oxygens (including phenoxy) is 6. The second-order valence-electron chi connectivity index (χ2n) is 31.9. The summed E-state index contributed by atoms with van der Waals surface area (Å²) in [5.74, 6) is -4.87. The molecule has 0 atom stereocenters. The van der Waals surface area contributed by atoms with Crippen molar-refractivity contribution in [1.29, 1.82) is 0 Å². The number of fused-ring (bicyclic) bond motifs is 6. The standard InChI is InChI=1S/C96H152N6O12/c1-13-19-25-31-37-43-49-61-97(7)67-55-91(103)109-85-73-79-80(74-86(85)110-92(104)56-68-98(8)62-50-44-38-32-26-20-14-2)82-76-88(112-94(106)58-70-100(10)64-52-46-40-34-28-22-16-4)90(114-96(108)60-72-102(12)66-54-48-42-36-30-24-18-6)78-84(82)83-77-89(113-95(107)59-71-101(11)65-53-47-41-35-29-23-17-5)87(75-81(79)83)111-93(105)57-69-99(9)63-51-45-39-33-27-21-15-3/h55-59,67-71,73-78H,13-54,60-66,72H2,1-12H3. The first kappa shape index (κ1) is 98.5. The number of unbranched alkanes of at least 4 members (excludes halogenated alkanes) is 36. The van der Waals surface area contributed by atoms with Crippen molar-refractivity contribution < 1.29 is 57.2 Å². The number of nitrogens with zero attached hydrogens (tertiary/aromatic N) is 6. The predicted molar refractivity (Wildman–Crippen MR) is 472 cm³/mol. The molecule has 0 unspecified atom stereocenters. The molecule has 0 bridgehead atoms. The van der Waals surface area contributed by atoms with Crippen molar-refractivity contribution in [1.82, 2.24) is 29.4 Å². The van der Waals surface area contributed by atoms with Gasteiger partial charge in [-0.25, -0.2) is 24.0 Å². The Morgan fingerprint density at radius 3 is 0.588 bits per heavy atom. The maximum atomic E-state index is 14.4. The van der Waals surface area contributed by atoms with Crippen molar-refractivity contribution in [2.75, 3.05) is 88.1 Å². The Labute approximate surface area is 689 Å². The van der Waals surface area contributed by atoms with E-state index in [1.807, 2.05) is 66.8 Å². The van der Waals surface area contributed by atoms with E-state index in [0.717, 1.165) is 155 Å². The van der Waals surface area contributed by atoms with Crippen molar-refractivity contribution >= 4 is 68.1 Å². The largest absolute Gasteiger partial charge is 0.422 e. The average molecular weight is 1580 g/mol. The maximum absolute atomic E-state index is 14.4. The van der Waals surface area contributed by atoms with Crippen molar-refractivity contribution in [3.8, 4) is 34.5 Å². The van der Waals surface area contributed by atoms with Gasteiger partial charge in [0.05, 0.1) is 6.42 Å². The van der Waals surface area contributed by atoms with Crippen LogP contribution in [0.1, 0.15) is 318 Å². The number of hydrogen-bond acceptors (Lipinski definition) is 18. The van der Waals surface area contributed by atoms with Crippen LogP contribution in [0.2, 0.25) is 0 Å². The number of carbonyl (C=O) groups excluding carboxylic acids is 6. The van der Waals surface area contributed by atoms with Gasteiger partial charge in [-0.05, 0) is 121 Å². The van der Waals surface area contributed by atoms with Crippen LogP contribution in [-0.2, 0) is 28.8 Å². The Morgan fingerprint density at radius 2 is 0.395 bits per heavy atom. The molecule has 0 aliphatic heterocycles. The van der Waals surface area contributed by atoms with Gasteiger partial charge in [0.15, 0.2) is 34.5 Å². The Balaban J connectivity index is 2.07. The fraction of sp³-hybridized carbons (Fsp3) is 0.646. The molecule has 0 fully saturated rings. The zero-order valence-corrected chi connectivity index (χ0v) is 73.2.